The van der Waals surface area contributed by atoms with Crippen LogP contribution in [0.25, 0.3) is 0 Å². The summed E-state index contributed by atoms with van der Waals surface area (Å²) < 4.78 is 0. The lowest BCUT2D eigenvalue weighted by molar-refractivity contribution is 0.195. The van der Waals surface area contributed by atoms with E-state index in [-0.39, 0.29) is 6.61 Å². The molecule has 0 aliphatic heterocycles. The Bertz CT molecular complexity index is 483. The lowest BCUT2D eigenvalue weighted by Crippen LogP contribution is -2.30. The van der Waals surface area contributed by atoms with E-state index in [0.717, 1.165) is 38.9 Å². The van der Waals surface area contributed by atoms with Crippen LogP contribution >= 0.6 is 0 Å². The van der Waals surface area contributed by atoms with E-state index in [1.54, 1.807) is 0 Å². The van der Waals surface area contributed by atoms with Crippen LogP contribution in [0, 0.1) is 0 Å². The molecule has 0 amide bonds. The van der Waals surface area contributed by atoms with Crippen molar-refractivity contribution in [1.29, 1.82) is 0 Å². The first-order chi connectivity index (χ1) is 10.4. The van der Waals surface area contributed by atoms with Crippen LogP contribution in [-0.2, 0) is 12.8 Å². The first-order valence-electron chi connectivity index (χ1n) is 7.79. The summed E-state index contributed by atoms with van der Waals surface area (Å²) in [4.78, 5) is 2.36. The minimum Gasteiger partial charge on any atom is -0.395 e. The molecule has 0 radical (unpaired) electrons. The number of nitrogens with zero attached hydrogens (tertiary/aromatic N) is 1. The van der Waals surface area contributed by atoms with Gasteiger partial charge in [0.2, 0.25) is 0 Å². The fourth-order valence-corrected chi connectivity index (χ4v) is 2.56. The average molecular weight is 283 g/mol. The van der Waals surface area contributed by atoms with Crippen molar-refractivity contribution in [1.82, 2.24) is 4.90 Å². The van der Waals surface area contributed by atoms with Gasteiger partial charge in [-0.2, -0.15) is 0 Å². The quantitative estimate of drug-likeness (QED) is 0.764. The number of aliphatic hydroxyl groups is 1. The number of hydrogen-bond donors (Lipinski definition) is 1. The third-order valence-electron chi connectivity index (χ3n) is 3.76. The van der Waals surface area contributed by atoms with Gasteiger partial charge in [0.05, 0.1) is 6.61 Å². The van der Waals surface area contributed by atoms with E-state index in [1.165, 1.54) is 11.1 Å². The van der Waals surface area contributed by atoms with Gasteiger partial charge in [0.1, 0.15) is 0 Å². The molecule has 2 aromatic carbocycles. The van der Waals surface area contributed by atoms with E-state index in [1.807, 2.05) is 0 Å². The summed E-state index contributed by atoms with van der Waals surface area (Å²) in [6.45, 7) is 3.06. The summed E-state index contributed by atoms with van der Waals surface area (Å²) >= 11 is 0. The highest BCUT2D eigenvalue weighted by molar-refractivity contribution is 5.15. The Morgan fingerprint density at radius 2 is 1.24 bits per heavy atom. The zero-order valence-corrected chi connectivity index (χ0v) is 12.6. The minimum atomic E-state index is 0.236. The normalized spacial score (nSPS) is 11.0. The Morgan fingerprint density at radius 3 is 1.81 bits per heavy atom. The highest BCUT2D eigenvalue weighted by Gasteiger charge is 2.04. The fourth-order valence-electron chi connectivity index (χ4n) is 2.56. The Morgan fingerprint density at radius 1 is 0.667 bits per heavy atom. The van der Waals surface area contributed by atoms with Gasteiger partial charge in [-0.3, -0.25) is 0 Å². The summed E-state index contributed by atoms with van der Waals surface area (Å²) in [6.07, 6.45) is 3.29. The SMILES string of the molecule is OCCN(CCCc1ccccc1)CCc1ccccc1. The molecule has 2 rings (SSSR count). The van der Waals surface area contributed by atoms with Gasteiger partial charge in [-0.1, -0.05) is 60.7 Å². The van der Waals surface area contributed by atoms with Crippen LogP contribution in [0.4, 0.5) is 0 Å². The van der Waals surface area contributed by atoms with Crippen LogP contribution in [0.5, 0.6) is 0 Å². The maximum absolute atomic E-state index is 9.21. The second kappa shape index (κ2) is 9.32. The maximum atomic E-state index is 9.21. The molecule has 0 fully saturated rings. The van der Waals surface area contributed by atoms with E-state index in [9.17, 15) is 5.11 Å². The number of rotatable bonds is 9. The van der Waals surface area contributed by atoms with Crippen LogP contribution in [-0.4, -0.2) is 36.2 Å². The van der Waals surface area contributed by atoms with Crippen molar-refractivity contribution < 1.29 is 5.11 Å². The lowest BCUT2D eigenvalue weighted by atomic mass is 10.1. The molecule has 0 atom stereocenters. The summed E-state index contributed by atoms with van der Waals surface area (Å²) in [7, 11) is 0. The molecule has 0 spiro atoms. The summed E-state index contributed by atoms with van der Waals surface area (Å²) in [5.74, 6) is 0. The smallest absolute Gasteiger partial charge is 0.0558 e. The average Bonchev–Trinajstić information content (AvgIpc) is 2.54. The summed E-state index contributed by atoms with van der Waals surface area (Å²) in [6, 6.07) is 21.2. The number of aryl methyl sites for hydroxylation is 1. The third-order valence-corrected chi connectivity index (χ3v) is 3.76. The molecular weight excluding hydrogens is 258 g/mol. The Hall–Kier alpha value is -1.64. The molecule has 21 heavy (non-hydrogen) atoms. The Balaban J connectivity index is 1.73. The standard InChI is InChI=1S/C19H25NO/c21-17-16-20(15-13-19-10-5-2-6-11-19)14-7-12-18-8-3-1-4-9-18/h1-6,8-11,21H,7,12-17H2. The predicted molar refractivity (Wildman–Crippen MR) is 88.4 cm³/mol. The molecule has 2 nitrogen and oxygen atoms in total. The summed E-state index contributed by atoms with van der Waals surface area (Å²) in [5.41, 5.74) is 2.76. The van der Waals surface area contributed by atoms with Crippen molar-refractivity contribution in [3.8, 4) is 0 Å². The van der Waals surface area contributed by atoms with Gasteiger partial charge in [0.25, 0.3) is 0 Å². The molecule has 0 aliphatic carbocycles. The molecule has 112 valence electrons. The Kier molecular flexibility index (Phi) is 6.99. The second-order valence-electron chi connectivity index (χ2n) is 5.39. The number of aliphatic hydroxyl groups excluding tert-OH is 1. The molecule has 0 heterocycles. The van der Waals surface area contributed by atoms with Gasteiger partial charge in [-0.15, -0.1) is 0 Å². The van der Waals surface area contributed by atoms with E-state index in [2.05, 4.69) is 65.6 Å². The van der Waals surface area contributed by atoms with Gasteiger partial charge in [-0.25, -0.2) is 0 Å². The first kappa shape index (κ1) is 15.7. The van der Waals surface area contributed by atoms with Crippen molar-refractivity contribution in [3.05, 3.63) is 71.8 Å². The molecule has 2 aromatic rings. The van der Waals surface area contributed by atoms with Crippen molar-refractivity contribution in [3.63, 3.8) is 0 Å². The number of hydrogen-bond acceptors (Lipinski definition) is 2. The zero-order valence-electron chi connectivity index (χ0n) is 12.6. The third kappa shape index (κ3) is 6.11. The van der Waals surface area contributed by atoms with Crippen molar-refractivity contribution in [2.45, 2.75) is 19.3 Å². The highest BCUT2D eigenvalue weighted by atomic mass is 16.3. The van der Waals surface area contributed by atoms with Crippen molar-refractivity contribution >= 4 is 0 Å². The van der Waals surface area contributed by atoms with E-state index in [4.69, 9.17) is 0 Å². The van der Waals surface area contributed by atoms with Gasteiger partial charge in [0, 0.05) is 13.1 Å². The fraction of sp³-hybridized carbons (Fsp3) is 0.368. The second-order valence-corrected chi connectivity index (χ2v) is 5.39. The van der Waals surface area contributed by atoms with Crippen molar-refractivity contribution in [2.24, 2.45) is 0 Å². The van der Waals surface area contributed by atoms with Gasteiger partial charge >= 0.3 is 0 Å². The minimum absolute atomic E-state index is 0.236. The number of benzene rings is 2. The van der Waals surface area contributed by atoms with Crippen LogP contribution in [0.3, 0.4) is 0 Å². The zero-order chi connectivity index (χ0) is 14.8. The molecule has 1 N–H and O–H groups in total. The van der Waals surface area contributed by atoms with Crippen molar-refractivity contribution in [2.75, 3.05) is 26.2 Å². The van der Waals surface area contributed by atoms with E-state index < -0.39 is 0 Å². The predicted octanol–water partition coefficient (Wildman–Crippen LogP) is 3.16. The van der Waals surface area contributed by atoms with E-state index >= 15 is 0 Å². The molecule has 0 saturated carbocycles. The van der Waals surface area contributed by atoms with Crippen LogP contribution in [0.15, 0.2) is 60.7 Å². The maximum Gasteiger partial charge on any atom is 0.0558 e. The topological polar surface area (TPSA) is 23.5 Å². The monoisotopic (exact) mass is 283 g/mol. The lowest BCUT2D eigenvalue weighted by Gasteiger charge is -2.21. The molecule has 0 unspecified atom stereocenters. The molecule has 0 bridgehead atoms. The highest BCUT2D eigenvalue weighted by Crippen LogP contribution is 2.05. The molecular formula is C19H25NO. The largest absolute Gasteiger partial charge is 0.395 e. The van der Waals surface area contributed by atoms with Gasteiger partial charge in [0.15, 0.2) is 0 Å². The Labute approximate surface area is 128 Å². The van der Waals surface area contributed by atoms with Crippen LogP contribution in [0.2, 0.25) is 0 Å². The molecule has 0 saturated heterocycles. The summed E-state index contributed by atoms with van der Waals surface area (Å²) in [5, 5.41) is 9.21. The van der Waals surface area contributed by atoms with Crippen LogP contribution < -0.4 is 0 Å². The van der Waals surface area contributed by atoms with E-state index in [0.29, 0.717) is 0 Å². The van der Waals surface area contributed by atoms with Gasteiger partial charge in [-0.05, 0) is 36.9 Å². The molecule has 2 heteroatoms. The van der Waals surface area contributed by atoms with Gasteiger partial charge < -0.3 is 10.0 Å². The van der Waals surface area contributed by atoms with Crippen LogP contribution in [0.1, 0.15) is 17.5 Å². The molecule has 0 aromatic heterocycles. The first-order valence-corrected chi connectivity index (χ1v) is 7.79. The molecule has 0 aliphatic rings.